The molecular formula is C21H31FN4O3. The van der Waals surface area contributed by atoms with Crippen LogP contribution in [0.3, 0.4) is 0 Å². The molecule has 3 amide bonds. The van der Waals surface area contributed by atoms with Gasteiger partial charge in [-0.25, -0.2) is 9.18 Å². The number of urea groups is 1. The molecule has 1 aliphatic heterocycles. The minimum absolute atomic E-state index is 0.131. The Labute approximate surface area is 171 Å². The molecule has 0 atom stereocenters. The molecule has 160 valence electrons. The molecule has 1 heterocycles. The predicted octanol–water partition coefficient (Wildman–Crippen LogP) is 2.49. The minimum Gasteiger partial charge on any atom is -0.379 e. The maximum atomic E-state index is 13.3. The van der Waals surface area contributed by atoms with Crippen molar-refractivity contribution in [3.05, 3.63) is 30.1 Å². The highest BCUT2D eigenvalue weighted by Crippen LogP contribution is 2.28. The summed E-state index contributed by atoms with van der Waals surface area (Å²) in [6.45, 7) is 4.88. The zero-order valence-corrected chi connectivity index (χ0v) is 16.8. The van der Waals surface area contributed by atoms with E-state index in [-0.39, 0.29) is 5.91 Å². The summed E-state index contributed by atoms with van der Waals surface area (Å²) >= 11 is 0. The number of nitrogens with one attached hydrogen (secondary N) is 3. The summed E-state index contributed by atoms with van der Waals surface area (Å²) in [7, 11) is 0. The van der Waals surface area contributed by atoms with Gasteiger partial charge in [-0.3, -0.25) is 9.69 Å². The summed E-state index contributed by atoms with van der Waals surface area (Å²) in [6, 6.07) is 5.22. The Balaban J connectivity index is 1.51. The highest BCUT2D eigenvalue weighted by Gasteiger charge is 2.40. The van der Waals surface area contributed by atoms with E-state index in [9.17, 15) is 14.0 Å². The Kier molecular flexibility index (Phi) is 7.83. The number of halogens is 1. The molecule has 29 heavy (non-hydrogen) atoms. The first-order valence-corrected chi connectivity index (χ1v) is 10.5. The lowest BCUT2D eigenvalue weighted by molar-refractivity contribution is -0.128. The summed E-state index contributed by atoms with van der Waals surface area (Å²) in [5, 5.41) is 8.52. The van der Waals surface area contributed by atoms with Gasteiger partial charge in [-0.15, -0.1) is 0 Å². The van der Waals surface area contributed by atoms with Crippen molar-refractivity contribution < 1.29 is 18.7 Å². The number of hydrogen-bond acceptors (Lipinski definition) is 4. The third-order valence-corrected chi connectivity index (χ3v) is 5.62. The SMILES string of the molecule is O=C(Nc1cccc(F)c1)NC1(C(=O)NCCCN2CCOCC2)CCCCC1. The maximum Gasteiger partial charge on any atom is 0.320 e. The molecule has 0 aromatic heterocycles. The van der Waals surface area contributed by atoms with Crippen molar-refractivity contribution in [2.75, 3.05) is 44.7 Å². The van der Waals surface area contributed by atoms with E-state index in [1.807, 2.05) is 0 Å². The highest BCUT2D eigenvalue weighted by molar-refractivity contribution is 5.96. The number of hydrogen-bond donors (Lipinski definition) is 3. The molecule has 2 fully saturated rings. The molecule has 1 aliphatic carbocycles. The Morgan fingerprint density at radius 1 is 1.14 bits per heavy atom. The van der Waals surface area contributed by atoms with Gasteiger partial charge in [-0.2, -0.15) is 0 Å². The zero-order chi connectivity index (χ0) is 20.5. The van der Waals surface area contributed by atoms with Crippen LogP contribution in [0.4, 0.5) is 14.9 Å². The molecule has 7 nitrogen and oxygen atoms in total. The Bertz CT molecular complexity index is 688. The minimum atomic E-state index is -0.908. The number of rotatable bonds is 7. The van der Waals surface area contributed by atoms with Gasteiger partial charge in [0.15, 0.2) is 0 Å². The lowest BCUT2D eigenvalue weighted by Crippen LogP contribution is -2.60. The van der Waals surface area contributed by atoms with Crippen LogP contribution in [0.2, 0.25) is 0 Å². The molecule has 1 saturated heterocycles. The van der Waals surface area contributed by atoms with Crippen LogP contribution in [0.5, 0.6) is 0 Å². The molecule has 1 saturated carbocycles. The largest absolute Gasteiger partial charge is 0.379 e. The molecular weight excluding hydrogens is 375 g/mol. The van der Waals surface area contributed by atoms with Crippen LogP contribution >= 0.6 is 0 Å². The van der Waals surface area contributed by atoms with Crippen molar-refractivity contribution in [1.82, 2.24) is 15.5 Å². The third-order valence-electron chi connectivity index (χ3n) is 5.62. The zero-order valence-electron chi connectivity index (χ0n) is 16.8. The Hall–Kier alpha value is -2.19. The van der Waals surface area contributed by atoms with E-state index in [0.717, 1.165) is 58.5 Å². The van der Waals surface area contributed by atoms with Gasteiger partial charge in [0.25, 0.3) is 0 Å². The van der Waals surface area contributed by atoms with Gasteiger partial charge in [-0.05, 0) is 44.0 Å². The van der Waals surface area contributed by atoms with Crippen LogP contribution in [0.25, 0.3) is 0 Å². The molecule has 0 unspecified atom stereocenters. The van der Waals surface area contributed by atoms with Gasteiger partial charge in [0, 0.05) is 25.3 Å². The van der Waals surface area contributed by atoms with E-state index in [4.69, 9.17) is 4.74 Å². The van der Waals surface area contributed by atoms with E-state index in [2.05, 4.69) is 20.9 Å². The fourth-order valence-corrected chi connectivity index (χ4v) is 4.01. The summed E-state index contributed by atoms with van der Waals surface area (Å²) in [4.78, 5) is 27.8. The molecule has 0 spiro atoms. The van der Waals surface area contributed by atoms with E-state index in [1.54, 1.807) is 6.07 Å². The molecule has 3 N–H and O–H groups in total. The summed E-state index contributed by atoms with van der Waals surface area (Å²) in [5.41, 5.74) is -0.548. The van der Waals surface area contributed by atoms with Gasteiger partial charge in [0.05, 0.1) is 13.2 Å². The molecule has 0 radical (unpaired) electrons. The summed E-state index contributed by atoms with van der Waals surface area (Å²) in [6.07, 6.45) is 4.91. The topological polar surface area (TPSA) is 82.7 Å². The van der Waals surface area contributed by atoms with E-state index in [0.29, 0.717) is 25.1 Å². The second-order valence-corrected chi connectivity index (χ2v) is 7.80. The summed E-state index contributed by atoms with van der Waals surface area (Å²) in [5.74, 6) is -0.554. The van der Waals surface area contributed by atoms with Crippen molar-refractivity contribution in [2.45, 2.75) is 44.1 Å². The monoisotopic (exact) mass is 406 g/mol. The normalized spacial score (nSPS) is 19.3. The second-order valence-electron chi connectivity index (χ2n) is 7.80. The fourth-order valence-electron chi connectivity index (χ4n) is 4.01. The Morgan fingerprint density at radius 2 is 1.90 bits per heavy atom. The number of ether oxygens (including phenoxy) is 1. The standard InChI is InChI=1S/C21H31FN4O3/c22-17-6-4-7-18(16-17)24-20(28)25-21(8-2-1-3-9-21)19(27)23-10-5-11-26-12-14-29-15-13-26/h4,6-7,16H,1-3,5,8-15H2,(H,23,27)(H2,24,25,28). The van der Waals surface area contributed by atoms with E-state index in [1.165, 1.54) is 18.2 Å². The average Bonchev–Trinajstić information content (AvgIpc) is 2.72. The van der Waals surface area contributed by atoms with E-state index < -0.39 is 17.4 Å². The first-order valence-electron chi connectivity index (χ1n) is 10.5. The fraction of sp³-hybridized carbons (Fsp3) is 0.619. The highest BCUT2D eigenvalue weighted by atomic mass is 19.1. The number of carbonyl (C=O) groups is 2. The first kappa shape index (κ1) is 21.5. The molecule has 8 heteroatoms. The number of anilines is 1. The van der Waals surface area contributed by atoms with Crippen LogP contribution in [0, 0.1) is 5.82 Å². The number of benzene rings is 1. The Morgan fingerprint density at radius 3 is 2.62 bits per heavy atom. The van der Waals surface area contributed by atoms with Gasteiger partial charge in [0.1, 0.15) is 11.4 Å². The number of morpholine rings is 1. The van der Waals surface area contributed by atoms with Crippen molar-refractivity contribution in [3.8, 4) is 0 Å². The van der Waals surface area contributed by atoms with E-state index >= 15 is 0 Å². The van der Waals surface area contributed by atoms with Gasteiger partial charge in [-0.1, -0.05) is 25.3 Å². The third kappa shape index (κ3) is 6.40. The quantitative estimate of drug-likeness (QED) is 0.608. The van der Waals surface area contributed by atoms with Crippen molar-refractivity contribution >= 4 is 17.6 Å². The molecule has 0 bridgehead atoms. The first-order chi connectivity index (χ1) is 14.1. The average molecular weight is 407 g/mol. The van der Waals surface area contributed by atoms with Crippen LogP contribution in [-0.2, 0) is 9.53 Å². The van der Waals surface area contributed by atoms with Crippen molar-refractivity contribution in [1.29, 1.82) is 0 Å². The lowest BCUT2D eigenvalue weighted by atomic mass is 9.81. The number of carbonyl (C=O) groups excluding carboxylic acids is 2. The lowest BCUT2D eigenvalue weighted by Gasteiger charge is -2.36. The van der Waals surface area contributed by atoms with Crippen LogP contribution in [-0.4, -0.2) is 61.8 Å². The number of nitrogens with zero attached hydrogens (tertiary/aromatic N) is 1. The summed E-state index contributed by atoms with van der Waals surface area (Å²) < 4.78 is 18.7. The molecule has 1 aromatic carbocycles. The van der Waals surface area contributed by atoms with Gasteiger partial charge in [0.2, 0.25) is 5.91 Å². The van der Waals surface area contributed by atoms with Crippen LogP contribution in [0.15, 0.2) is 24.3 Å². The molecule has 1 aromatic rings. The van der Waals surface area contributed by atoms with Gasteiger partial charge < -0.3 is 20.7 Å². The van der Waals surface area contributed by atoms with Crippen molar-refractivity contribution in [3.63, 3.8) is 0 Å². The maximum absolute atomic E-state index is 13.3. The second kappa shape index (κ2) is 10.5. The molecule has 2 aliphatic rings. The smallest absolute Gasteiger partial charge is 0.320 e. The number of amides is 3. The predicted molar refractivity (Wildman–Crippen MR) is 109 cm³/mol. The van der Waals surface area contributed by atoms with Crippen molar-refractivity contribution in [2.24, 2.45) is 0 Å². The van der Waals surface area contributed by atoms with Gasteiger partial charge >= 0.3 is 6.03 Å². The van der Waals surface area contributed by atoms with Crippen LogP contribution < -0.4 is 16.0 Å². The van der Waals surface area contributed by atoms with Crippen LogP contribution in [0.1, 0.15) is 38.5 Å². The molecule has 3 rings (SSSR count).